The topological polar surface area (TPSA) is 53.6 Å². The number of nitrogens with zero attached hydrogens (tertiary/aromatic N) is 2. The highest BCUT2D eigenvalue weighted by Crippen LogP contribution is 2.25. The second kappa shape index (κ2) is 5.67. The molecular weight excluding hydrogens is 220 g/mol. The van der Waals surface area contributed by atoms with Crippen LogP contribution in [0.5, 0.6) is 0 Å². The van der Waals surface area contributed by atoms with Gasteiger partial charge in [0.2, 0.25) is 0 Å². The number of nitrogens with one attached hydrogen (secondary N) is 2. The van der Waals surface area contributed by atoms with Gasteiger partial charge in [0.25, 0.3) is 0 Å². The van der Waals surface area contributed by atoms with E-state index in [4.69, 9.17) is 0 Å². The molecule has 2 aromatic rings. The van der Waals surface area contributed by atoms with E-state index in [9.17, 15) is 0 Å². The summed E-state index contributed by atoms with van der Waals surface area (Å²) in [7, 11) is 0. The van der Waals surface area contributed by atoms with Crippen LogP contribution in [0.1, 0.15) is 12.5 Å². The molecule has 2 aromatic heterocycles. The monoisotopic (exact) mass is 234 g/mol. The molecule has 0 aliphatic carbocycles. The fourth-order valence-corrected chi connectivity index (χ4v) is 2.12. The van der Waals surface area contributed by atoms with Crippen LogP contribution in [0.15, 0.2) is 40.9 Å². The molecule has 0 saturated carbocycles. The average molecular weight is 234 g/mol. The summed E-state index contributed by atoms with van der Waals surface area (Å²) >= 11 is 1.55. The highest BCUT2D eigenvalue weighted by atomic mass is 32.2. The van der Waals surface area contributed by atoms with Crippen molar-refractivity contribution in [2.24, 2.45) is 0 Å². The quantitative estimate of drug-likeness (QED) is 0.831. The number of imidazole rings is 1. The van der Waals surface area contributed by atoms with Crippen molar-refractivity contribution in [3.05, 3.63) is 36.3 Å². The van der Waals surface area contributed by atoms with Gasteiger partial charge in [-0.1, -0.05) is 13.0 Å². The number of rotatable bonds is 5. The van der Waals surface area contributed by atoms with E-state index in [0.29, 0.717) is 0 Å². The third kappa shape index (κ3) is 2.84. The first-order chi connectivity index (χ1) is 7.90. The molecule has 5 heteroatoms. The van der Waals surface area contributed by atoms with Crippen molar-refractivity contribution in [3.8, 4) is 0 Å². The van der Waals surface area contributed by atoms with Gasteiger partial charge in [-0.15, -0.1) is 0 Å². The van der Waals surface area contributed by atoms with Gasteiger partial charge in [0.1, 0.15) is 5.03 Å². The summed E-state index contributed by atoms with van der Waals surface area (Å²) in [5.74, 6) is 0. The zero-order valence-electron chi connectivity index (χ0n) is 9.10. The summed E-state index contributed by atoms with van der Waals surface area (Å²) in [6.07, 6.45) is 5.37. The van der Waals surface area contributed by atoms with Crippen LogP contribution in [0.2, 0.25) is 0 Å². The van der Waals surface area contributed by atoms with Crippen LogP contribution in [0.4, 0.5) is 0 Å². The van der Waals surface area contributed by atoms with Gasteiger partial charge in [0.15, 0.2) is 5.16 Å². The van der Waals surface area contributed by atoms with Crippen molar-refractivity contribution in [2.45, 2.75) is 23.7 Å². The molecule has 0 aliphatic heterocycles. The normalized spacial score (nSPS) is 10.6. The van der Waals surface area contributed by atoms with E-state index >= 15 is 0 Å². The Kier molecular flexibility index (Phi) is 3.96. The molecule has 0 aromatic carbocycles. The van der Waals surface area contributed by atoms with Crippen LogP contribution in [-0.4, -0.2) is 21.5 Å². The van der Waals surface area contributed by atoms with Crippen molar-refractivity contribution in [3.63, 3.8) is 0 Å². The summed E-state index contributed by atoms with van der Waals surface area (Å²) in [4.78, 5) is 11.6. The molecule has 4 nitrogen and oxygen atoms in total. The predicted molar refractivity (Wildman–Crippen MR) is 64.3 cm³/mol. The van der Waals surface area contributed by atoms with Gasteiger partial charge in [-0.2, -0.15) is 0 Å². The maximum atomic E-state index is 4.37. The Bertz CT molecular complexity index is 427. The average Bonchev–Trinajstić information content (AvgIpc) is 2.81. The van der Waals surface area contributed by atoms with Crippen molar-refractivity contribution in [2.75, 3.05) is 6.54 Å². The summed E-state index contributed by atoms with van der Waals surface area (Å²) in [5.41, 5.74) is 1.20. The van der Waals surface area contributed by atoms with E-state index in [1.165, 1.54) is 5.56 Å². The molecule has 16 heavy (non-hydrogen) atoms. The summed E-state index contributed by atoms with van der Waals surface area (Å²) in [5, 5.41) is 5.17. The number of aromatic nitrogens is 3. The predicted octanol–water partition coefficient (Wildman–Crippen LogP) is 2.07. The van der Waals surface area contributed by atoms with Gasteiger partial charge in [-0.25, -0.2) is 9.97 Å². The van der Waals surface area contributed by atoms with Crippen LogP contribution in [0.25, 0.3) is 0 Å². The minimum atomic E-state index is 0.841. The molecule has 0 spiro atoms. The van der Waals surface area contributed by atoms with E-state index in [0.717, 1.165) is 23.3 Å². The maximum Gasteiger partial charge on any atom is 0.171 e. The van der Waals surface area contributed by atoms with Crippen LogP contribution >= 0.6 is 11.8 Å². The zero-order chi connectivity index (χ0) is 11.2. The van der Waals surface area contributed by atoms with Crippen molar-refractivity contribution in [1.82, 2.24) is 20.3 Å². The Morgan fingerprint density at radius 2 is 2.31 bits per heavy atom. The van der Waals surface area contributed by atoms with E-state index < -0.39 is 0 Å². The molecule has 0 saturated heterocycles. The third-order valence-electron chi connectivity index (χ3n) is 2.08. The van der Waals surface area contributed by atoms with Gasteiger partial charge in [-0.05, 0) is 29.9 Å². The SMILES string of the molecule is CCNCc1cccnc1Sc1ncc[nH]1. The van der Waals surface area contributed by atoms with Crippen molar-refractivity contribution >= 4 is 11.8 Å². The fourth-order valence-electron chi connectivity index (χ4n) is 1.31. The number of aromatic amines is 1. The summed E-state index contributed by atoms with van der Waals surface area (Å²) in [6, 6.07) is 4.04. The molecule has 0 atom stereocenters. The van der Waals surface area contributed by atoms with Crippen LogP contribution in [-0.2, 0) is 6.54 Å². The van der Waals surface area contributed by atoms with E-state index in [2.05, 4.69) is 33.3 Å². The largest absolute Gasteiger partial charge is 0.339 e. The highest BCUT2D eigenvalue weighted by molar-refractivity contribution is 7.99. The molecule has 0 unspecified atom stereocenters. The Labute approximate surface area is 98.9 Å². The second-order valence-corrected chi connectivity index (χ2v) is 4.22. The van der Waals surface area contributed by atoms with E-state index in [1.54, 1.807) is 24.2 Å². The van der Waals surface area contributed by atoms with E-state index in [-0.39, 0.29) is 0 Å². The smallest absolute Gasteiger partial charge is 0.171 e. The van der Waals surface area contributed by atoms with Crippen molar-refractivity contribution < 1.29 is 0 Å². The molecule has 2 rings (SSSR count). The van der Waals surface area contributed by atoms with E-state index in [1.807, 2.05) is 12.3 Å². The fraction of sp³-hybridized carbons (Fsp3) is 0.273. The summed E-state index contributed by atoms with van der Waals surface area (Å²) in [6.45, 7) is 3.89. The molecule has 2 N–H and O–H groups in total. The standard InChI is InChI=1S/C11H14N4S/c1-2-12-8-9-4-3-5-13-10(9)16-11-14-6-7-15-11/h3-7,12H,2,8H2,1H3,(H,14,15). The molecule has 0 amide bonds. The van der Waals surface area contributed by atoms with Crippen LogP contribution in [0, 0.1) is 0 Å². The maximum absolute atomic E-state index is 4.37. The molecule has 0 bridgehead atoms. The molecule has 0 fully saturated rings. The first-order valence-electron chi connectivity index (χ1n) is 5.22. The lowest BCUT2D eigenvalue weighted by Gasteiger charge is -2.06. The van der Waals surface area contributed by atoms with Crippen LogP contribution in [0.3, 0.4) is 0 Å². The molecule has 0 aliphatic rings. The molecular formula is C11H14N4S. The highest BCUT2D eigenvalue weighted by Gasteiger charge is 2.06. The number of pyridine rings is 1. The Balaban J connectivity index is 2.13. The number of hydrogen-bond acceptors (Lipinski definition) is 4. The minimum absolute atomic E-state index is 0.841. The summed E-state index contributed by atoms with van der Waals surface area (Å²) < 4.78 is 0. The number of H-pyrrole nitrogens is 1. The third-order valence-corrected chi connectivity index (χ3v) is 3.06. The first-order valence-corrected chi connectivity index (χ1v) is 6.03. The first kappa shape index (κ1) is 11.2. The Morgan fingerprint density at radius 3 is 3.06 bits per heavy atom. The lowest BCUT2D eigenvalue weighted by Crippen LogP contribution is -2.12. The lowest BCUT2D eigenvalue weighted by atomic mass is 10.3. The van der Waals surface area contributed by atoms with Gasteiger partial charge >= 0.3 is 0 Å². The zero-order valence-corrected chi connectivity index (χ0v) is 9.92. The van der Waals surface area contributed by atoms with Gasteiger partial charge in [-0.3, -0.25) is 0 Å². The number of hydrogen-bond donors (Lipinski definition) is 2. The van der Waals surface area contributed by atoms with Crippen molar-refractivity contribution in [1.29, 1.82) is 0 Å². The second-order valence-electron chi connectivity index (χ2n) is 3.24. The molecule has 84 valence electrons. The minimum Gasteiger partial charge on any atom is -0.339 e. The lowest BCUT2D eigenvalue weighted by molar-refractivity contribution is 0.711. The Morgan fingerprint density at radius 1 is 1.38 bits per heavy atom. The molecule has 2 heterocycles. The van der Waals surface area contributed by atoms with Gasteiger partial charge < -0.3 is 10.3 Å². The van der Waals surface area contributed by atoms with Gasteiger partial charge in [0.05, 0.1) is 0 Å². The molecule has 0 radical (unpaired) electrons. The van der Waals surface area contributed by atoms with Crippen LogP contribution < -0.4 is 5.32 Å². The van der Waals surface area contributed by atoms with Gasteiger partial charge in [0, 0.05) is 25.1 Å². The Hall–Kier alpha value is -1.33.